The first kappa shape index (κ1) is 17.3. The van der Waals surface area contributed by atoms with Crippen LogP contribution < -0.4 is 16.2 Å². The number of thiocarbonyl (C=S) groups is 1. The first-order valence-corrected chi connectivity index (χ1v) is 7.02. The van der Waals surface area contributed by atoms with Crippen LogP contribution in [0.5, 0.6) is 0 Å². The molecular weight excluding hydrogens is 339 g/mol. The molecule has 126 valence electrons. The van der Waals surface area contributed by atoms with Crippen LogP contribution in [0.15, 0.2) is 30.3 Å². The minimum Gasteiger partial charge on any atom is -0.374 e. The Morgan fingerprint density at radius 2 is 2.12 bits per heavy atom. The highest BCUT2D eigenvalue weighted by molar-refractivity contribution is 7.80. The van der Waals surface area contributed by atoms with Crippen molar-refractivity contribution in [2.24, 2.45) is 5.73 Å². The van der Waals surface area contributed by atoms with Gasteiger partial charge in [0.25, 0.3) is 5.91 Å². The molecule has 0 unspecified atom stereocenters. The first-order chi connectivity index (χ1) is 11.3. The van der Waals surface area contributed by atoms with E-state index < -0.39 is 16.6 Å². The van der Waals surface area contributed by atoms with E-state index in [2.05, 4.69) is 10.5 Å². The SMILES string of the molecule is Cc1cc([N+](=O)[O-])nn1CC(=O)NN(C(N)=S)c1ccc(F)cc1. The molecule has 0 fully saturated rings. The van der Waals surface area contributed by atoms with Crippen molar-refractivity contribution in [3.63, 3.8) is 0 Å². The van der Waals surface area contributed by atoms with Crippen LogP contribution in [0.4, 0.5) is 15.9 Å². The monoisotopic (exact) mass is 352 g/mol. The van der Waals surface area contributed by atoms with Gasteiger partial charge in [-0.15, -0.1) is 0 Å². The number of carbonyl (C=O) groups is 1. The lowest BCUT2D eigenvalue weighted by Crippen LogP contribution is -2.50. The fourth-order valence-corrected chi connectivity index (χ4v) is 2.03. The van der Waals surface area contributed by atoms with Crippen LogP contribution in [-0.4, -0.2) is 25.7 Å². The number of carbonyl (C=O) groups excluding carboxylic acids is 1. The molecule has 11 heteroatoms. The third-order valence-corrected chi connectivity index (χ3v) is 3.17. The number of hydrogen-bond donors (Lipinski definition) is 2. The molecule has 3 N–H and O–H groups in total. The molecule has 0 atom stereocenters. The Morgan fingerprint density at radius 1 is 1.50 bits per heavy atom. The van der Waals surface area contributed by atoms with Gasteiger partial charge >= 0.3 is 5.82 Å². The van der Waals surface area contributed by atoms with Gasteiger partial charge in [0.15, 0.2) is 5.11 Å². The van der Waals surface area contributed by atoms with Gasteiger partial charge in [0.05, 0.1) is 22.5 Å². The number of nitro groups is 1. The Balaban J connectivity index is 2.12. The maximum absolute atomic E-state index is 13.0. The van der Waals surface area contributed by atoms with Crippen molar-refractivity contribution < 1.29 is 14.1 Å². The maximum Gasteiger partial charge on any atom is 0.390 e. The molecule has 1 heterocycles. The number of hydrogen-bond acceptors (Lipinski definition) is 5. The third kappa shape index (κ3) is 4.01. The predicted octanol–water partition coefficient (Wildman–Crippen LogP) is 1.02. The third-order valence-electron chi connectivity index (χ3n) is 2.99. The van der Waals surface area contributed by atoms with E-state index in [0.29, 0.717) is 11.4 Å². The summed E-state index contributed by atoms with van der Waals surface area (Å²) in [5, 5.41) is 15.3. The van der Waals surface area contributed by atoms with Crippen molar-refractivity contribution in [2.45, 2.75) is 13.5 Å². The number of nitrogens with one attached hydrogen (secondary N) is 1. The second-order valence-electron chi connectivity index (χ2n) is 4.74. The highest BCUT2D eigenvalue weighted by atomic mass is 32.1. The number of hydrazine groups is 1. The number of nitrogens with zero attached hydrogens (tertiary/aromatic N) is 4. The van der Waals surface area contributed by atoms with Crippen molar-refractivity contribution in [3.05, 3.63) is 52.0 Å². The summed E-state index contributed by atoms with van der Waals surface area (Å²) in [6.07, 6.45) is 0. The number of halogens is 1. The molecule has 0 aliphatic heterocycles. The normalized spacial score (nSPS) is 10.2. The summed E-state index contributed by atoms with van der Waals surface area (Å²) < 4.78 is 14.2. The quantitative estimate of drug-likeness (QED) is 0.479. The van der Waals surface area contributed by atoms with E-state index in [1.165, 1.54) is 35.0 Å². The topological polar surface area (TPSA) is 119 Å². The molecule has 1 aromatic carbocycles. The lowest BCUT2D eigenvalue weighted by Gasteiger charge is -2.23. The molecule has 0 spiro atoms. The zero-order valence-electron chi connectivity index (χ0n) is 12.5. The molecule has 2 rings (SSSR count). The zero-order chi connectivity index (χ0) is 17.9. The van der Waals surface area contributed by atoms with Crippen LogP contribution in [-0.2, 0) is 11.3 Å². The van der Waals surface area contributed by atoms with E-state index in [1.807, 2.05) is 0 Å². The van der Waals surface area contributed by atoms with Crippen molar-refractivity contribution >= 4 is 34.7 Å². The largest absolute Gasteiger partial charge is 0.390 e. The molecule has 0 saturated heterocycles. The lowest BCUT2D eigenvalue weighted by molar-refractivity contribution is -0.389. The fraction of sp³-hybridized carbons (Fsp3) is 0.154. The Hall–Kier alpha value is -3.08. The van der Waals surface area contributed by atoms with Crippen molar-refractivity contribution in [2.75, 3.05) is 5.01 Å². The van der Waals surface area contributed by atoms with E-state index in [4.69, 9.17) is 18.0 Å². The Bertz CT molecular complexity index is 792. The van der Waals surface area contributed by atoms with Crippen LogP contribution in [0.2, 0.25) is 0 Å². The number of aromatic nitrogens is 2. The highest BCUT2D eigenvalue weighted by Gasteiger charge is 2.19. The summed E-state index contributed by atoms with van der Waals surface area (Å²) >= 11 is 4.86. The Kier molecular flexibility index (Phi) is 5.04. The van der Waals surface area contributed by atoms with Gasteiger partial charge in [-0.05, 0) is 48.3 Å². The molecule has 2 aromatic rings. The first-order valence-electron chi connectivity index (χ1n) is 6.61. The van der Waals surface area contributed by atoms with Crippen LogP contribution in [0, 0.1) is 22.9 Å². The fourth-order valence-electron chi connectivity index (χ4n) is 1.88. The zero-order valence-corrected chi connectivity index (χ0v) is 13.3. The summed E-state index contributed by atoms with van der Waals surface area (Å²) in [6, 6.07) is 6.40. The molecule has 0 bridgehead atoms. The number of nitrogens with two attached hydrogens (primary N) is 1. The number of amides is 1. The summed E-state index contributed by atoms with van der Waals surface area (Å²) in [7, 11) is 0. The molecule has 24 heavy (non-hydrogen) atoms. The second-order valence-corrected chi connectivity index (χ2v) is 5.16. The van der Waals surface area contributed by atoms with Crippen molar-refractivity contribution in [1.29, 1.82) is 0 Å². The average Bonchev–Trinajstić information content (AvgIpc) is 2.87. The number of benzene rings is 1. The standard InChI is InChI=1S/C13H13FN6O3S/c1-8-6-11(20(22)23)16-18(8)7-12(21)17-19(13(15)24)10-4-2-9(14)3-5-10/h2-6H,7H2,1H3,(H2,15,24)(H,17,21). The van der Waals surface area contributed by atoms with Gasteiger partial charge in [-0.25, -0.2) is 9.40 Å². The van der Waals surface area contributed by atoms with Gasteiger partial charge in [0.1, 0.15) is 12.4 Å². The van der Waals surface area contributed by atoms with Gasteiger partial charge in [0, 0.05) is 0 Å². The van der Waals surface area contributed by atoms with E-state index in [-0.39, 0.29) is 17.5 Å². The molecule has 0 aliphatic carbocycles. The summed E-state index contributed by atoms with van der Waals surface area (Å²) in [6.45, 7) is 1.30. The number of rotatable bonds is 4. The van der Waals surface area contributed by atoms with Gasteiger partial charge in [-0.2, -0.15) is 4.68 Å². The van der Waals surface area contributed by atoms with E-state index >= 15 is 0 Å². The van der Waals surface area contributed by atoms with Crippen molar-refractivity contribution in [3.8, 4) is 0 Å². The highest BCUT2D eigenvalue weighted by Crippen LogP contribution is 2.13. The summed E-state index contributed by atoms with van der Waals surface area (Å²) in [5.74, 6) is -1.37. The molecule has 0 radical (unpaired) electrons. The van der Waals surface area contributed by atoms with Crippen LogP contribution in [0.1, 0.15) is 5.69 Å². The van der Waals surface area contributed by atoms with Gasteiger partial charge in [-0.3, -0.25) is 10.2 Å². The van der Waals surface area contributed by atoms with E-state index in [1.54, 1.807) is 6.92 Å². The van der Waals surface area contributed by atoms with Gasteiger partial charge in [-0.1, -0.05) is 0 Å². The van der Waals surface area contributed by atoms with E-state index in [0.717, 1.165) is 5.01 Å². The molecule has 0 aliphatic rings. The minimum absolute atomic E-state index is 0.155. The molecular formula is C13H13FN6O3S. The minimum atomic E-state index is -0.652. The van der Waals surface area contributed by atoms with Crippen LogP contribution >= 0.6 is 12.2 Å². The summed E-state index contributed by atoms with van der Waals surface area (Å²) in [4.78, 5) is 22.2. The number of anilines is 1. The van der Waals surface area contributed by atoms with Gasteiger partial charge in [0.2, 0.25) is 0 Å². The molecule has 0 saturated carbocycles. The smallest absolute Gasteiger partial charge is 0.374 e. The second kappa shape index (κ2) is 7.00. The lowest BCUT2D eigenvalue weighted by atomic mass is 10.3. The van der Waals surface area contributed by atoms with Gasteiger partial charge < -0.3 is 15.8 Å². The predicted molar refractivity (Wildman–Crippen MR) is 87.4 cm³/mol. The molecule has 9 nitrogen and oxygen atoms in total. The molecule has 1 aromatic heterocycles. The number of aryl methyl sites for hydroxylation is 1. The average molecular weight is 352 g/mol. The van der Waals surface area contributed by atoms with Crippen molar-refractivity contribution in [1.82, 2.24) is 15.2 Å². The maximum atomic E-state index is 13.0. The molecule has 1 amide bonds. The van der Waals surface area contributed by atoms with E-state index in [9.17, 15) is 19.3 Å². The Morgan fingerprint density at radius 3 is 2.62 bits per heavy atom. The van der Waals surface area contributed by atoms with Crippen LogP contribution in [0.25, 0.3) is 0 Å². The van der Waals surface area contributed by atoms with Crippen LogP contribution in [0.3, 0.4) is 0 Å². The Labute approximate surface area is 141 Å². The summed E-state index contributed by atoms with van der Waals surface area (Å²) in [5.41, 5.74) is 8.81.